The van der Waals surface area contributed by atoms with E-state index < -0.39 is 0 Å². The minimum atomic E-state index is -0.280. The maximum Gasteiger partial charge on any atom is 0.253 e. The van der Waals surface area contributed by atoms with Crippen molar-refractivity contribution in [2.45, 2.75) is 13.0 Å². The van der Waals surface area contributed by atoms with Crippen molar-refractivity contribution in [1.82, 2.24) is 25.1 Å². The molecule has 7 nitrogen and oxygen atoms in total. The number of anilines is 1. The zero-order valence-electron chi connectivity index (χ0n) is 12.7. The zero-order valence-corrected chi connectivity index (χ0v) is 13.4. The molecule has 3 aromatic heterocycles. The molecule has 1 aromatic carbocycles. The predicted octanol–water partition coefficient (Wildman–Crippen LogP) is 3.02. The Morgan fingerprint density at radius 2 is 2.08 bits per heavy atom. The molecule has 0 amide bonds. The van der Waals surface area contributed by atoms with Gasteiger partial charge in [-0.3, -0.25) is 9.89 Å². The SMILES string of the molecule is CC(Nc1ncc2cn[nH]c2n1)c1cc2cc(Cl)ccc2[nH]c1=O. The number of rotatable bonds is 3. The molecule has 0 bridgehead atoms. The molecule has 1 atom stereocenters. The van der Waals surface area contributed by atoms with E-state index in [9.17, 15) is 4.79 Å². The number of aromatic amines is 2. The minimum Gasteiger partial charge on any atom is -0.347 e. The van der Waals surface area contributed by atoms with E-state index in [-0.39, 0.29) is 11.6 Å². The Bertz CT molecular complexity index is 1100. The maximum atomic E-state index is 12.3. The Morgan fingerprint density at radius 3 is 2.96 bits per heavy atom. The van der Waals surface area contributed by atoms with Gasteiger partial charge in [-0.05, 0) is 31.2 Å². The fourth-order valence-electron chi connectivity index (χ4n) is 2.60. The largest absolute Gasteiger partial charge is 0.347 e. The Kier molecular flexibility index (Phi) is 3.42. The van der Waals surface area contributed by atoms with Gasteiger partial charge in [0.25, 0.3) is 5.56 Å². The van der Waals surface area contributed by atoms with Crippen LogP contribution in [0.1, 0.15) is 18.5 Å². The average Bonchev–Trinajstić information content (AvgIpc) is 3.02. The highest BCUT2D eigenvalue weighted by Gasteiger charge is 2.13. The van der Waals surface area contributed by atoms with Crippen LogP contribution >= 0.6 is 11.6 Å². The number of hydrogen-bond acceptors (Lipinski definition) is 5. The highest BCUT2D eigenvalue weighted by molar-refractivity contribution is 6.31. The van der Waals surface area contributed by atoms with Crippen LogP contribution in [0.2, 0.25) is 5.02 Å². The summed E-state index contributed by atoms with van der Waals surface area (Å²) in [7, 11) is 0. The molecule has 4 aromatic rings. The van der Waals surface area contributed by atoms with Crippen molar-refractivity contribution in [1.29, 1.82) is 0 Å². The maximum absolute atomic E-state index is 12.3. The third-order valence-electron chi connectivity index (χ3n) is 3.84. The van der Waals surface area contributed by atoms with Crippen LogP contribution in [0.4, 0.5) is 5.95 Å². The summed E-state index contributed by atoms with van der Waals surface area (Å²) in [5.41, 5.74) is 1.81. The normalized spacial score (nSPS) is 12.6. The van der Waals surface area contributed by atoms with Crippen molar-refractivity contribution in [3.63, 3.8) is 0 Å². The third kappa shape index (κ3) is 2.59. The monoisotopic (exact) mass is 340 g/mol. The predicted molar refractivity (Wildman–Crippen MR) is 93.3 cm³/mol. The lowest BCUT2D eigenvalue weighted by atomic mass is 10.1. The minimum absolute atomic E-state index is 0.160. The quantitative estimate of drug-likeness (QED) is 0.532. The van der Waals surface area contributed by atoms with Crippen molar-refractivity contribution < 1.29 is 0 Å². The Labute approximate surface area is 141 Å². The van der Waals surface area contributed by atoms with Gasteiger partial charge in [0.2, 0.25) is 5.95 Å². The van der Waals surface area contributed by atoms with Gasteiger partial charge in [-0.1, -0.05) is 11.6 Å². The lowest BCUT2D eigenvalue weighted by molar-refractivity contribution is 0.847. The number of halogens is 1. The number of hydrogen-bond donors (Lipinski definition) is 3. The van der Waals surface area contributed by atoms with E-state index in [1.807, 2.05) is 19.1 Å². The second kappa shape index (κ2) is 5.61. The second-order valence-electron chi connectivity index (χ2n) is 5.52. The van der Waals surface area contributed by atoms with E-state index in [0.717, 1.165) is 16.3 Å². The van der Waals surface area contributed by atoms with Crippen molar-refractivity contribution in [3.8, 4) is 0 Å². The molecule has 0 aliphatic heterocycles. The molecular weight excluding hydrogens is 328 g/mol. The van der Waals surface area contributed by atoms with Crippen LogP contribution in [0.3, 0.4) is 0 Å². The molecule has 3 N–H and O–H groups in total. The molecule has 0 saturated carbocycles. The second-order valence-corrected chi connectivity index (χ2v) is 5.96. The van der Waals surface area contributed by atoms with Crippen LogP contribution in [0.25, 0.3) is 21.9 Å². The number of aromatic nitrogens is 5. The summed E-state index contributed by atoms with van der Waals surface area (Å²) in [6.07, 6.45) is 3.33. The summed E-state index contributed by atoms with van der Waals surface area (Å²) < 4.78 is 0. The summed E-state index contributed by atoms with van der Waals surface area (Å²) >= 11 is 6.03. The van der Waals surface area contributed by atoms with E-state index in [1.54, 1.807) is 24.5 Å². The van der Waals surface area contributed by atoms with Crippen LogP contribution < -0.4 is 10.9 Å². The fourth-order valence-corrected chi connectivity index (χ4v) is 2.78. The summed E-state index contributed by atoms with van der Waals surface area (Å²) in [5, 5.41) is 12.2. The first-order valence-corrected chi connectivity index (χ1v) is 7.73. The third-order valence-corrected chi connectivity index (χ3v) is 4.07. The summed E-state index contributed by atoms with van der Waals surface area (Å²) in [4.78, 5) is 23.8. The first-order valence-electron chi connectivity index (χ1n) is 7.35. The van der Waals surface area contributed by atoms with Crippen molar-refractivity contribution in [3.05, 3.63) is 57.6 Å². The van der Waals surface area contributed by atoms with Gasteiger partial charge >= 0.3 is 0 Å². The van der Waals surface area contributed by atoms with E-state index >= 15 is 0 Å². The van der Waals surface area contributed by atoms with Crippen LogP contribution in [0, 0.1) is 0 Å². The number of benzene rings is 1. The van der Waals surface area contributed by atoms with Gasteiger partial charge in [0.05, 0.1) is 17.6 Å². The topological polar surface area (TPSA) is 99.3 Å². The Balaban J connectivity index is 1.70. The fraction of sp³-hybridized carbons (Fsp3) is 0.125. The molecule has 0 spiro atoms. The molecule has 8 heteroatoms. The van der Waals surface area contributed by atoms with Gasteiger partial charge in [-0.15, -0.1) is 0 Å². The number of fused-ring (bicyclic) bond motifs is 2. The Morgan fingerprint density at radius 1 is 1.21 bits per heavy atom. The number of nitrogens with one attached hydrogen (secondary N) is 3. The standard InChI is InChI=1S/C16H13ClN6O/c1-8(20-16-18-6-10-7-19-23-14(10)22-16)12-5-9-4-11(17)2-3-13(9)21-15(12)24/h2-8H,1H3,(H,21,24)(H2,18,19,20,22,23). The van der Waals surface area contributed by atoms with Crippen molar-refractivity contribution in [2.24, 2.45) is 0 Å². The smallest absolute Gasteiger partial charge is 0.253 e. The van der Waals surface area contributed by atoms with Crippen molar-refractivity contribution >= 4 is 39.5 Å². The molecule has 4 rings (SSSR count). The van der Waals surface area contributed by atoms with E-state index in [4.69, 9.17) is 11.6 Å². The van der Waals surface area contributed by atoms with Gasteiger partial charge in [0, 0.05) is 27.7 Å². The molecule has 0 aliphatic rings. The van der Waals surface area contributed by atoms with E-state index in [0.29, 0.717) is 22.2 Å². The van der Waals surface area contributed by atoms with Crippen LogP contribution in [0.15, 0.2) is 41.5 Å². The number of pyridine rings is 1. The molecular formula is C16H13ClN6O. The van der Waals surface area contributed by atoms with Gasteiger partial charge in [0.15, 0.2) is 5.65 Å². The number of nitrogens with zero attached hydrogens (tertiary/aromatic N) is 3. The highest BCUT2D eigenvalue weighted by atomic mass is 35.5. The van der Waals surface area contributed by atoms with Crippen molar-refractivity contribution in [2.75, 3.05) is 5.32 Å². The molecule has 0 fully saturated rings. The molecule has 3 heterocycles. The summed E-state index contributed by atoms with van der Waals surface area (Å²) in [5.74, 6) is 0.421. The van der Waals surface area contributed by atoms with Gasteiger partial charge < -0.3 is 10.3 Å². The average molecular weight is 341 g/mol. The molecule has 120 valence electrons. The molecule has 0 aliphatic carbocycles. The first-order chi connectivity index (χ1) is 11.6. The van der Waals surface area contributed by atoms with Crippen LogP contribution in [-0.4, -0.2) is 25.1 Å². The van der Waals surface area contributed by atoms with Crippen LogP contribution in [-0.2, 0) is 0 Å². The van der Waals surface area contributed by atoms with Crippen LogP contribution in [0.5, 0.6) is 0 Å². The van der Waals surface area contributed by atoms with Gasteiger partial charge in [-0.2, -0.15) is 10.1 Å². The van der Waals surface area contributed by atoms with E-state index in [1.165, 1.54) is 0 Å². The molecule has 24 heavy (non-hydrogen) atoms. The van der Waals surface area contributed by atoms with E-state index in [2.05, 4.69) is 30.5 Å². The Hall–Kier alpha value is -2.93. The molecule has 1 unspecified atom stereocenters. The lowest BCUT2D eigenvalue weighted by Gasteiger charge is -2.14. The van der Waals surface area contributed by atoms with Gasteiger partial charge in [0.1, 0.15) is 0 Å². The summed E-state index contributed by atoms with van der Waals surface area (Å²) in [6.45, 7) is 1.88. The van der Waals surface area contributed by atoms with Gasteiger partial charge in [-0.25, -0.2) is 4.98 Å². The summed E-state index contributed by atoms with van der Waals surface area (Å²) in [6, 6.07) is 6.89. The lowest BCUT2D eigenvalue weighted by Crippen LogP contribution is -2.20. The zero-order chi connectivity index (χ0) is 16.7. The number of H-pyrrole nitrogens is 2. The highest BCUT2D eigenvalue weighted by Crippen LogP contribution is 2.21. The molecule has 0 radical (unpaired) electrons. The first kappa shape index (κ1) is 14.6. The molecule has 0 saturated heterocycles.